The molecule has 2 bridgehead atoms. The highest BCUT2D eigenvalue weighted by Crippen LogP contribution is 2.33. The molecule has 2 aromatic rings. The van der Waals surface area contributed by atoms with Crippen molar-refractivity contribution in [2.45, 2.75) is 25.6 Å². The molecule has 0 aliphatic carbocycles. The SMILES string of the molecule is Cc1cccc2c(O)ccc(C(=O)N3CC4CC(C3)O4)c12. The maximum atomic E-state index is 12.8. The molecule has 3 heterocycles. The van der Waals surface area contributed by atoms with E-state index in [1.165, 1.54) is 0 Å². The first-order valence-corrected chi connectivity index (χ1v) is 7.29. The Balaban J connectivity index is 1.79. The number of piperidine rings is 1. The second-order valence-corrected chi connectivity index (χ2v) is 5.96. The average molecular weight is 283 g/mol. The van der Waals surface area contributed by atoms with Crippen LogP contribution in [-0.4, -0.2) is 41.2 Å². The number of nitrogens with zero attached hydrogens (tertiary/aromatic N) is 1. The molecule has 0 spiro atoms. The summed E-state index contributed by atoms with van der Waals surface area (Å²) in [4.78, 5) is 14.7. The van der Waals surface area contributed by atoms with Crippen LogP contribution in [0.25, 0.3) is 10.8 Å². The van der Waals surface area contributed by atoms with Crippen molar-refractivity contribution in [1.82, 2.24) is 4.90 Å². The molecule has 0 saturated carbocycles. The molecule has 1 amide bonds. The fourth-order valence-electron chi connectivity index (χ4n) is 3.44. The van der Waals surface area contributed by atoms with Gasteiger partial charge in [0.25, 0.3) is 5.91 Å². The van der Waals surface area contributed by atoms with Crippen LogP contribution in [0.3, 0.4) is 0 Å². The lowest BCUT2D eigenvalue weighted by Gasteiger charge is -2.47. The van der Waals surface area contributed by atoms with Gasteiger partial charge in [-0.2, -0.15) is 0 Å². The van der Waals surface area contributed by atoms with Crippen molar-refractivity contribution in [2.24, 2.45) is 0 Å². The number of benzene rings is 2. The van der Waals surface area contributed by atoms with Gasteiger partial charge in [-0.3, -0.25) is 4.79 Å². The summed E-state index contributed by atoms with van der Waals surface area (Å²) < 4.78 is 5.59. The zero-order chi connectivity index (χ0) is 14.6. The van der Waals surface area contributed by atoms with E-state index < -0.39 is 0 Å². The smallest absolute Gasteiger partial charge is 0.254 e. The number of aryl methyl sites for hydroxylation is 1. The van der Waals surface area contributed by atoms with Gasteiger partial charge in [0.05, 0.1) is 12.2 Å². The van der Waals surface area contributed by atoms with Crippen LogP contribution in [0.2, 0.25) is 0 Å². The molecule has 0 radical (unpaired) electrons. The number of ether oxygens (including phenoxy) is 1. The lowest BCUT2D eigenvalue weighted by Crippen LogP contribution is -2.58. The molecular formula is C17H17NO3. The van der Waals surface area contributed by atoms with Crippen molar-refractivity contribution in [3.05, 3.63) is 41.5 Å². The van der Waals surface area contributed by atoms with Gasteiger partial charge in [-0.05, 0) is 24.6 Å². The number of rotatable bonds is 1. The Kier molecular flexibility index (Phi) is 2.69. The summed E-state index contributed by atoms with van der Waals surface area (Å²) in [5.74, 6) is 0.252. The Morgan fingerprint density at radius 3 is 2.67 bits per heavy atom. The van der Waals surface area contributed by atoms with Crippen LogP contribution in [0.1, 0.15) is 22.3 Å². The average Bonchev–Trinajstić information content (AvgIpc) is 2.47. The van der Waals surface area contributed by atoms with Gasteiger partial charge in [-0.25, -0.2) is 0 Å². The first kappa shape index (κ1) is 12.7. The summed E-state index contributed by atoms with van der Waals surface area (Å²) in [6.45, 7) is 3.31. The van der Waals surface area contributed by atoms with Crippen molar-refractivity contribution in [1.29, 1.82) is 0 Å². The molecule has 5 rings (SSSR count). The van der Waals surface area contributed by atoms with Crippen molar-refractivity contribution >= 4 is 16.7 Å². The number of morpholine rings is 1. The molecular weight excluding hydrogens is 266 g/mol. The van der Waals surface area contributed by atoms with E-state index >= 15 is 0 Å². The molecule has 1 N–H and O–H groups in total. The Morgan fingerprint density at radius 1 is 1.24 bits per heavy atom. The number of aromatic hydroxyl groups is 1. The third-order valence-corrected chi connectivity index (χ3v) is 4.50. The molecule has 108 valence electrons. The molecule has 3 saturated heterocycles. The van der Waals surface area contributed by atoms with E-state index in [0.717, 1.165) is 22.8 Å². The highest BCUT2D eigenvalue weighted by atomic mass is 16.5. The molecule has 2 aromatic carbocycles. The number of amides is 1. The third kappa shape index (κ3) is 1.90. The van der Waals surface area contributed by atoms with Gasteiger partial charge in [-0.15, -0.1) is 0 Å². The summed E-state index contributed by atoms with van der Waals surface area (Å²) in [6, 6.07) is 9.06. The summed E-state index contributed by atoms with van der Waals surface area (Å²) >= 11 is 0. The number of carbonyl (C=O) groups is 1. The maximum Gasteiger partial charge on any atom is 0.254 e. The van der Waals surface area contributed by atoms with E-state index in [0.29, 0.717) is 18.7 Å². The van der Waals surface area contributed by atoms with E-state index in [1.54, 1.807) is 12.1 Å². The summed E-state index contributed by atoms with van der Waals surface area (Å²) in [6.07, 6.45) is 1.48. The largest absolute Gasteiger partial charge is 0.507 e. The highest BCUT2D eigenvalue weighted by molar-refractivity contribution is 6.09. The Labute approximate surface area is 122 Å². The van der Waals surface area contributed by atoms with E-state index in [9.17, 15) is 9.90 Å². The van der Waals surface area contributed by atoms with Crippen LogP contribution >= 0.6 is 0 Å². The fraction of sp³-hybridized carbons (Fsp3) is 0.353. The molecule has 3 fully saturated rings. The quantitative estimate of drug-likeness (QED) is 0.874. The Hall–Kier alpha value is -2.07. The van der Waals surface area contributed by atoms with E-state index in [4.69, 9.17) is 4.74 Å². The van der Waals surface area contributed by atoms with Crippen LogP contribution in [0, 0.1) is 6.92 Å². The summed E-state index contributed by atoms with van der Waals surface area (Å²) in [5, 5.41) is 11.6. The van der Waals surface area contributed by atoms with Crippen LogP contribution in [0.5, 0.6) is 5.75 Å². The minimum atomic E-state index is 0.0345. The van der Waals surface area contributed by atoms with Gasteiger partial charge in [0.15, 0.2) is 0 Å². The lowest BCUT2D eigenvalue weighted by atomic mass is 9.95. The Bertz CT molecular complexity index is 724. The van der Waals surface area contributed by atoms with E-state index in [-0.39, 0.29) is 23.9 Å². The van der Waals surface area contributed by atoms with Crippen molar-refractivity contribution in [2.75, 3.05) is 13.1 Å². The first-order valence-electron chi connectivity index (χ1n) is 7.29. The molecule has 3 aliphatic heterocycles. The number of phenolic OH excluding ortho intramolecular Hbond substituents is 1. The Morgan fingerprint density at radius 2 is 1.95 bits per heavy atom. The van der Waals surface area contributed by atoms with E-state index in [2.05, 4.69) is 0 Å². The third-order valence-electron chi connectivity index (χ3n) is 4.50. The second-order valence-electron chi connectivity index (χ2n) is 5.96. The van der Waals surface area contributed by atoms with Crippen LogP contribution < -0.4 is 0 Å². The second kappa shape index (κ2) is 4.46. The van der Waals surface area contributed by atoms with Gasteiger partial charge in [0, 0.05) is 35.8 Å². The van der Waals surface area contributed by atoms with Crippen LogP contribution in [-0.2, 0) is 4.74 Å². The molecule has 21 heavy (non-hydrogen) atoms. The molecule has 0 aromatic heterocycles. The number of hydrogen-bond acceptors (Lipinski definition) is 3. The zero-order valence-corrected chi connectivity index (χ0v) is 11.9. The molecule has 3 aliphatic rings. The lowest BCUT2D eigenvalue weighted by molar-refractivity contribution is -0.171. The van der Waals surface area contributed by atoms with Gasteiger partial charge in [-0.1, -0.05) is 18.2 Å². The van der Waals surface area contributed by atoms with Crippen molar-refractivity contribution in [3.63, 3.8) is 0 Å². The first-order chi connectivity index (χ1) is 10.1. The van der Waals surface area contributed by atoms with Crippen molar-refractivity contribution in [3.8, 4) is 5.75 Å². The summed E-state index contributed by atoms with van der Waals surface area (Å²) in [7, 11) is 0. The van der Waals surface area contributed by atoms with Crippen molar-refractivity contribution < 1.29 is 14.6 Å². The number of hydrogen-bond donors (Lipinski definition) is 1. The standard InChI is InChI=1S/C17H17NO3/c1-10-3-2-4-13-15(19)6-5-14(16(10)13)17(20)18-8-11-7-12(9-18)21-11/h2-6,11-12,19H,7-9H2,1H3. The minimum Gasteiger partial charge on any atom is -0.507 e. The van der Waals surface area contributed by atoms with E-state index in [1.807, 2.05) is 30.0 Å². The maximum absolute atomic E-state index is 12.8. The molecule has 2 atom stereocenters. The summed E-state index contributed by atoms with van der Waals surface area (Å²) in [5.41, 5.74) is 1.67. The number of fused-ring (bicyclic) bond motifs is 3. The predicted octanol–water partition coefficient (Wildman–Crippen LogP) is 2.47. The zero-order valence-electron chi connectivity index (χ0n) is 11.9. The topological polar surface area (TPSA) is 49.8 Å². The van der Waals surface area contributed by atoms with Gasteiger partial charge < -0.3 is 14.7 Å². The number of phenols is 1. The monoisotopic (exact) mass is 283 g/mol. The van der Waals surface area contributed by atoms with Gasteiger partial charge >= 0.3 is 0 Å². The molecule has 2 unspecified atom stereocenters. The minimum absolute atomic E-state index is 0.0345. The highest BCUT2D eigenvalue weighted by Gasteiger charge is 2.40. The predicted molar refractivity (Wildman–Crippen MR) is 79.5 cm³/mol. The van der Waals surface area contributed by atoms with Crippen LogP contribution in [0.4, 0.5) is 0 Å². The fourth-order valence-corrected chi connectivity index (χ4v) is 3.44. The van der Waals surface area contributed by atoms with Crippen LogP contribution in [0.15, 0.2) is 30.3 Å². The molecule has 4 nitrogen and oxygen atoms in total. The van der Waals surface area contributed by atoms with Gasteiger partial charge in [0.2, 0.25) is 0 Å². The van der Waals surface area contributed by atoms with Gasteiger partial charge in [0.1, 0.15) is 5.75 Å². The number of carbonyl (C=O) groups excluding carboxylic acids is 1. The normalized spacial score (nSPS) is 24.0. The molecule has 4 heteroatoms.